The van der Waals surface area contributed by atoms with Crippen molar-refractivity contribution in [2.75, 3.05) is 35.9 Å². The minimum absolute atomic E-state index is 0.182. The number of amides is 4. The van der Waals surface area contributed by atoms with Crippen LogP contribution in [0.2, 0.25) is 0 Å². The molecule has 0 saturated carbocycles. The first-order chi connectivity index (χ1) is 23.4. The lowest BCUT2D eigenvalue weighted by Crippen LogP contribution is -2.28. The Hall–Kier alpha value is -5.43. The number of alkyl halides is 1. The number of nitrogens with one attached hydrogen (secondary N) is 3. The summed E-state index contributed by atoms with van der Waals surface area (Å²) in [4.78, 5) is 45.6. The molecular weight excluding hydrogens is 648 g/mol. The minimum atomic E-state index is -0.712. The van der Waals surface area contributed by atoms with Gasteiger partial charge >= 0.3 is 0 Å². The van der Waals surface area contributed by atoms with Crippen molar-refractivity contribution >= 4 is 58.0 Å². The summed E-state index contributed by atoms with van der Waals surface area (Å²) in [7, 11) is 2.96. The number of nitrogen functional groups attached to an aromatic ring is 1. The maximum atomic E-state index is 11.9. The molecule has 4 unspecified atom stereocenters. The molecule has 0 aliphatic heterocycles. The molecule has 9 N–H and O–H groups in total. The van der Waals surface area contributed by atoms with Crippen molar-refractivity contribution in [3.8, 4) is 0 Å². The summed E-state index contributed by atoms with van der Waals surface area (Å²) < 4.78 is 9.85. The number of nitrogens with two attached hydrogens (primary N) is 3. The standard InChI is InChI=1S/C18H21N3O3.C10H14N2O2.C8H8ClNO/c1-12(24-2)18(23)21-15-10-6-9-14(11-15)20-16(17(19)22)13-7-4-3-5-8-13;1-7(14-2)10(13)12-9-5-3-4-8(11)6-9;9-7(8(10)11)6-4-2-1-3-5-6/h3-12,16,20H,1-2H3,(H2,19,22)(H,21,23);3-7H,11H2,1-2H3,(H,12,13);1-5,7H,(H2,10,11). The Bertz CT molecular complexity index is 1640. The fraction of sp³-hybridized carbons (Fsp3) is 0.222. The third-order valence-corrected chi connectivity index (χ3v) is 7.27. The predicted octanol–water partition coefficient (Wildman–Crippen LogP) is 4.99. The molecule has 260 valence electrons. The van der Waals surface area contributed by atoms with E-state index in [-0.39, 0.29) is 11.8 Å². The number of primary amides is 2. The van der Waals surface area contributed by atoms with E-state index in [4.69, 9.17) is 38.3 Å². The van der Waals surface area contributed by atoms with E-state index in [1.165, 1.54) is 14.2 Å². The van der Waals surface area contributed by atoms with E-state index >= 15 is 0 Å². The van der Waals surface area contributed by atoms with Gasteiger partial charge < -0.3 is 42.6 Å². The van der Waals surface area contributed by atoms with Crippen LogP contribution in [0.1, 0.15) is 36.4 Å². The van der Waals surface area contributed by atoms with Gasteiger partial charge in [-0.25, -0.2) is 0 Å². The van der Waals surface area contributed by atoms with Gasteiger partial charge in [-0.3, -0.25) is 19.2 Å². The summed E-state index contributed by atoms with van der Waals surface area (Å²) in [6.07, 6.45) is -1.01. The molecule has 0 aliphatic rings. The molecular formula is C36H43ClN6O6. The Balaban J connectivity index is 0.000000282. The summed E-state index contributed by atoms with van der Waals surface area (Å²) in [5.74, 6) is -1.43. The highest BCUT2D eigenvalue weighted by Crippen LogP contribution is 2.22. The van der Waals surface area contributed by atoms with Gasteiger partial charge in [0.25, 0.3) is 11.8 Å². The van der Waals surface area contributed by atoms with E-state index in [1.807, 2.05) is 48.5 Å². The van der Waals surface area contributed by atoms with E-state index in [9.17, 15) is 19.2 Å². The van der Waals surface area contributed by atoms with E-state index in [0.29, 0.717) is 22.7 Å². The van der Waals surface area contributed by atoms with Crippen LogP contribution in [0, 0.1) is 0 Å². The zero-order chi connectivity index (χ0) is 36.3. The number of hydrogen-bond acceptors (Lipinski definition) is 8. The van der Waals surface area contributed by atoms with Gasteiger partial charge in [0.05, 0.1) is 0 Å². The van der Waals surface area contributed by atoms with Gasteiger partial charge in [-0.2, -0.15) is 0 Å². The monoisotopic (exact) mass is 690 g/mol. The van der Waals surface area contributed by atoms with Crippen molar-refractivity contribution in [1.82, 2.24) is 0 Å². The molecule has 12 nitrogen and oxygen atoms in total. The Morgan fingerprint density at radius 2 is 1.06 bits per heavy atom. The van der Waals surface area contributed by atoms with Gasteiger partial charge in [-0.1, -0.05) is 72.8 Å². The molecule has 0 spiro atoms. The van der Waals surface area contributed by atoms with Crippen LogP contribution < -0.4 is 33.2 Å². The molecule has 4 rings (SSSR count). The van der Waals surface area contributed by atoms with Crippen LogP contribution in [0.3, 0.4) is 0 Å². The number of carbonyl (C=O) groups is 4. The number of ether oxygens (including phenoxy) is 2. The first kappa shape index (κ1) is 39.7. The summed E-state index contributed by atoms with van der Waals surface area (Å²) in [5.41, 5.74) is 20.1. The zero-order valence-electron chi connectivity index (χ0n) is 27.8. The first-order valence-electron chi connectivity index (χ1n) is 15.1. The van der Waals surface area contributed by atoms with Crippen molar-refractivity contribution < 1.29 is 28.7 Å². The molecule has 0 bridgehead atoms. The molecule has 49 heavy (non-hydrogen) atoms. The maximum Gasteiger partial charge on any atom is 0.253 e. The minimum Gasteiger partial charge on any atom is -0.399 e. The van der Waals surface area contributed by atoms with Crippen molar-refractivity contribution in [2.45, 2.75) is 37.5 Å². The molecule has 4 amide bonds. The highest BCUT2D eigenvalue weighted by molar-refractivity contribution is 6.30. The molecule has 4 aromatic rings. The lowest BCUT2D eigenvalue weighted by molar-refractivity contribution is -0.125. The third-order valence-electron chi connectivity index (χ3n) is 6.80. The lowest BCUT2D eigenvalue weighted by Gasteiger charge is -2.18. The highest BCUT2D eigenvalue weighted by Gasteiger charge is 2.18. The van der Waals surface area contributed by atoms with Gasteiger partial charge in [0.15, 0.2) is 0 Å². The zero-order valence-corrected chi connectivity index (χ0v) is 28.5. The molecule has 0 saturated heterocycles. The Morgan fingerprint density at radius 3 is 1.51 bits per heavy atom. The SMILES string of the molecule is COC(C)C(=O)Nc1cccc(N)c1.COC(C)C(=O)Nc1cccc(NC(C(N)=O)c2ccccc2)c1.NC(=O)C(Cl)c1ccccc1. The molecule has 13 heteroatoms. The summed E-state index contributed by atoms with van der Waals surface area (Å²) in [5, 5.41) is 7.83. The van der Waals surface area contributed by atoms with Crippen LogP contribution in [0.15, 0.2) is 109 Å². The number of rotatable bonds is 12. The fourth-order valence-electron chi connectivity index (χ4n) is 3.92. The van der Waals surface area contributed by atoms with Gasteiger partial charge in [0.2, 0.25) is 11.8 Å². The number of anilines is 4. The number of halogens is 1. The van der Waals surface area contributed by atoms with Crippen LogP contribution in [0.5, 0.6) is 0 Å². The largest absolute Gasteiger partial charge is 0.399 e. The highest BCUT2D eigenvalue weighted by atomic mass is 35.5. The quantitative estimate of drug-likeness (QED) is 0.0881. The summed E-state index contributed by atoms with van der Waals surface area (Å²) in [6, 6.07) is 31.6. The molecule has 0 heterocycles. The topological polar surface area (TPSA) is 201 Å². The average Bonchev–Trinajstić information content (AvgIpc) is 3.10. The summed E-state index contributed by atoms with van der Waals surface area (Å²) in [6.45, 7) is 3.34. The first-order valence-corrected chi connectivity index (χ1v) is 15.5. The molecule has 0 fully saturated rings. The van der Waals surface area contributed by atoms with Crippen molar-refractivity contribution in [3.63, 3.8) is 0 Å². The van der Waals surface area contributed by atoms with Crippen LogP contribution in [-0.2, 0) is 28.7 Å². The Morgan fingerprint density at radius 1 is 0.612 bits per heavy atom. The average molecular weight is 691 g/mol. The fourth-order valence-corrected chi connectivity index (χ4v) is 4.07. The second-order valence-electron chi connectivity index (χ2n) is 10.5. The lowest BCUT2D eigenvalue weighted by atomic mass is 10.1. The van der Waals surface area contributed by atoms with E-state index in [0.717, 1.165) is 11.1 Å². The molecule has 0 aliphatic carbocycles. The second kappa shape index (κ2) is 20.7. The molecule has 0 aromatic heterocycles. The van der Waals surface area contributed by atoms with Gasteiger partial charge in [0.1, 0.15) is 23.6 Å². The smallest absolute Gasteiger partial charge is 0.253 e. The van der Waals surface area contributed by atoms with Crippen molar-refractivity contribution in [1.29, 1.82) is 0 Å². The number of benzene rings is 4. The van der Waals surface area contributed by atoms with Crippen LogP contribution in [0.25, 0.3) is 0 Å². The van der Waals surface area contributed by atoms with Crippen molar-refractivity contribution in [2.24, 2.45) is 11.5 Å². The van der Waals surface area contributed by atoms with E-state index < -0.39 is 35.4 Å². The van der Waals surface area contributed by atoms with E-state index in [2.05, 4.69) is 16.0 Å². The molecule has 0 radical (unpaired) electrons. The van der Waals surface area contributed by atoms with Crippen LogP contribution >= 0.6 is 11.6 Å². The third kappa shape index (κ3) is 14.1. The normalized spacial score (nSPS) is 12.6. The van der Waals surface area contributed by atoms with E-state index in [1.54, 1.807) is 74.5 Å². The number of carbonyl (C=O) groups excluding carboxylic acids is 4. The maximum absolute atomic E-state index is 11.9. The Kier molecular flexibility index (Phi) is 16.8. The van der Waals surface area contributed by atoms with Gasteiger partial charge in [-0.05, 0) is 61.4 Å². The van der Waals surface area contributed by atoms with Crippen molar-refractivity contribution in [3.05, 3.63) is 120 Å². The number of methoxy groups -OCH3 is 2. The van der Waals surface area contributed by atoms with Gasteiger partial charge in [0, 0.05) is 37.0 Å². The predicted molar refractivity (Wildman–Crippen MR) is 194 cm³/mol. The van der Waals surface area contributed by atoms with Gasteiger partial charge in [-0.15, -0.1) is 11.6 Å². The second-order valence-corrected chi connectivity index (χ2v) is 10.9. The summed E-state index contributed by atoms with van der Waals surface area (Å²) >= 11 is 5.67. The van der Waals surface area contributed by atoms with Crippen LogP contribution in [-0.4, -0.2) is 50.1 Å². The van der Waals surface area contributed by atoms with Crippen LogP contribution in [0.4, 0.5) is 22.7 Å². The molecule has 4 atom stereocenters. The number of hydrogen-bond donors (Lipinski definition) is 6. The molecule has 4 aromatic carbocycles. The Labute approximate surface area is 291 Å².